The van der Waals surface area contributed by atoms with Gasteiger partial charge in [-0.2, -0.15) is 0 Å². The van der Waals surface area contributed by atoms with Crippen LogP contribution in [-0.2, 0) is 17.7 Å². The first-order valence-electron chi connectivity index (χ1n) is 14.7. The largest absolute Gasteiger partial charge is 0.378 e. The summed E-state index contributed by atoms with van der Waals surface area (Å²) in [6.45, 7) is 9.85. The Labute approximate surface area is 223 Å². The van der Waals surface area contributed by atoms with Crippen LogP contribution in [-0.4, -0.2) is 67.7 Å². The molecule has 37 heavy (non-hydrogen) atoms. The summed E-state index contributed by atoms with van der Waals surface area (Å²) in [4.78, 5) is 21.1. The number of amides is 1. The molecule has 0 atom stereocenters. The third-order valence-electron chi connectivity index (χ3n) is 8.41. The minimum Gasteiger partial charge on any atom is -0.378 e. The number of morpholine rings is 1. The Hall–Kier alpha value is -2.37. The van der Waals surface area contributed by atoms with E-state index in [1.807, 2.05) is 0 Å². The summed E-state index contributed by atoms with van der Waals surface area (Å²) in [6.07, 6.45) is 9.76. The van der Waals surface area contributed by atoms with Gasteiger partial charge in [0.2, 0.25) is 0 Å². The van der Waals surface area contributed by atoms with Crippen LogP contribution in [0.25, 0.3) is 0 Å². The van der Waals surface area contributed by atoms with Crippen molar-refractivity contribution in [3.63, 3.8) is 0 Å². The van der Waals surface area contributed by atoms with Gasteiger partial charge in [0.05, 0.1) is 13.2 Å². The van der Waals surface area contributed by atoms with E-state index >= 15 is 0 Å². The Morgan fingerprint density at radius 2 is 1.54 bits per heavy atom. The predicted molar refractivity (Wildman–Crippen MR) is 151 cm³/mol. The first kappa shape index (κ1) is 26.2. The monoisotopic (exact) mass is 503 g/mol. The lowest BCUT2D eigenvalue weighted by Gasteiger charge is -2.39. The van der Waals surface area contributed by atoms with Crippen LogP contribution in [0.1, 0.15) is 73.4 Å². The predicted octanol–water partition coefficient (Wildman–Crippen LogP) is 5.77. The molecule has 2 heterocycles. The Balaban J connectivity index is 1.27. The maximum absolute atomic E-state index is 13.9. The number of hydrogen-bond acceptors (Lipinski definition) is 4. The van der Waals surface area contributed by atoms with Crippen molar-refractivity contribution in [3.05, 3.63) is 65.2 Å². The van der Waals surface area contributed by atoms with E-state index in [-0.39, 0.29) is 5.91 Å². The van der Waals surface area contributed by atoms with Crippen LogP contribution in [0.15, 0.2) is 48.5 Å². The molecule has 1 saturated carbocycles. The second-order valence-corrected chi connectivity index (χ2v) is 11.3. The quantitative estimate of drug-likeness (QED) is 0.365. The number of unbranched alkanes of at least 4 members (excludes halogenated alkanes) is 2. The zero-order chi connectivity index (χ0) is 25.5. The lowest BCUT2D eigenvalue weighted by Crippen LogP contribution is -2.47. The van der Waals surface area contributed by atoms with Crippen molar-refractivity contribution in [2.75, 3.05) is 50.8 Å². The third kappa shape index (κ3) is 7.36. The fourth-order valence-corrected chi connectivity index (χ4v) is 5.84. The van der Waals surface area contributed by atoms with Gasteiger partial charge in [-0.15, -0.1) is 0 Å². The average Bonchev–Trinajstić information content (AvgIpc) is 3.77. The standard InChI is InChI=1S/C32H45N3O2/c1-2-3-4-5-26-8-12-29(13-9-26)32(36)35(31-16-18-33(19-17-31)24-27-6-7-27)25-28-10-14-30(15-11-28)34-20-22-37-23-21-34/h8-15,27,31H,2-7,16-25H2,1H3. The van der Waals surface area contributed by atoms with Gasteiger partial charge in [0, 0.05) is 56.6 Å². The second-order valence-electron chi connectivity index (χ2n) is 11.3. The molecule has 1 aliphatic carbocycles. The van der Waals surface area contributed by atoms with E-state index in [4.69, 9.17) is 4.74 Å². The van der Waals surface area contributed by atoms with Crippen LogP contribution < -0.4 is 4.90 Å². The van der Waals surface area contributed by atoms with E-state index < -0.39 is 0 Å². The molecular formula is C32H45N3O2. The molecule has 2 aromatic rings. The molecule has 0 radical (unpaired) electrons. The van der Waals surface area contributed by atoms with Crippen molar-refractivity contribution >= 4 is 11.6 Å². The molecule has 200 valence electrons. The lowest BCUT2D eigenvalue weighted by molar-refractivity contribution is 0.0545. The van der Waals surface area contributed by atoms with Crippen molar-refractivity contribution in [2.24, 2.45) is 5.92 Å². The molecule has 5 nitrogen and oxygen atoms in total. The van der Waals surface area contributed by atoms with Gasteiger partial charge < -0.3 is 19.4 Å². The number of carbonyl (C=O) groups excluding carboxylic acids is 1. The highest BCUT2D eigenvalue weighted by Gasteiger charge is 2.31. The van der Waals surface area contributed by atoms with Crippen molar-refractivity contribution < 1.29 is 9.53 Å². The number of likely N-dealkylation sites (tertiary alicyclic amines) is 1. The highest BCUT2D eigenvalue weighted by Crippen LogP contribution is 2.31. The molecule has 0 bridgehead atoms. The summed E-state index contributed by atoms with van der Waals surface area (Å²) in [5, 5.41) is 0. The molecule has 2 aliphatic heterocycles. The molecule has 0 N–H and O–H groups in total. The second kappa shape index (κ2) is 12.9. The Morgan fingerprint density at radius 1 is 0.865 bits per heavy atom. The highest BCUT2D eigenvalue weighted by molar-refractivity contribution is 5.94. The molecule has 0 unspecified atom stereocenters. The number of aryl methyl sites for hydroxylation is 1. The van der Waals surface area contributed by atoms with Gasteiger partial charge in [-0.25, -0.2) is 0 Å². The van der Waals surface area contributed by atoms with Crippen molar-refractivity contribution in [1.82, 2.24) is 9.80 Å². The zero-order valence-electron chi connectivity index (χ0n) is 22.7. The van der Waals surface area contributed by atoms with Gasteiger partial charge in [0.1, 0.15) is 0 Å². The van der Waals surface area contributed by atoms with Crippen LogP contribution >= 0.6 is 0 Å². The van der Waals surface area contributed by atoms with Gasteiger partial charge in [0.15, 0.2) is 0 Å². The normalized spacial score (nSPS) is 19.2. The number of hydrogen-bond donors (Lipinski definition) is 0. The number of ether oxygens (including phenoxy) is 1. The minimum atomic E-state index is 0.179. The molecule has 0 aromatic heterocycles. The van der Waals surface area contributed by atoms with Crippen LogP contribution in [0.4, 0.5) is 5.69 Å². The van der Waals surface area contributed by atoms with Crippen molar-refractivity contribution in [3.8, 4) is 0 Å². The van der Waals surface area contributed by atoms with E-state index in [2.05, 4.69) is 70.2 Å². The molecule has 0 spiro atoms. The lowest BCUT2D eigenvalue weighted by atomic mass is 9.99. The Bertz CT molecular complexity index is 972. The number of benzene rings is 2. The maximum Gasteiger partial charge on any atom is 0.254 e. The number of anilines is 1. The molecule has 3 fully saturated rings. The summed E-state index contributed by atoms with van der Waals surface area (Å²) in [6, 6.07) is 17.6. The summed E-state index contributed by atoms with van der Waals surface area (Å²) < 4.78 is 5.51. The Kier molecular flexibility index (Phi) is 9.17. The van der Waals surface area contributed by atoms with Crippen LogP contribution in [0.5, 0.6) is 0 Å². The number of nitrogens with zero attached hydrogens (tertiary/aromatic N) is 3. The van der Waals surface area contributed by atoms with Crippen molar-refractivity contribution in [1.29, 1.82) is 0 Å². The molecule has 1 amide bonds. The number of piperidine rings is 1. The van der Waals surface area contributed by atoms with E-state index in [1.165, 1.54) is 55.5 Å². The zero-order valence-corrected chi connectivity index (χ0v) is 22.7. The Morgan fingerprint density at radius 3 is 2.19 bits per heavy atom. The summed E-state index contributed by atoms with van der Waals surface area (Å²) in [7, 11) is 0. The SMILES string of the molecule is CCCCCc1ccc(C(=O)N(Cc2ccc(N3CCOCC3)cc2)C2CCN(CC3CC3)CC2)cc1. The van der Waals surface area contributed by atoms with E-state index in [1.54, 1.807) is 0 Å². The topological polar surface area (TPSA) is 36.0 Å². The van der Waals surface area contributed by atoms with Crippen LogP contribution in [0, 0.1) is 5.92 Å². The van der Waals surface area contributed by atoms with Gasteiger partial charge in [0.25, 0.3) is 5.91 Å². The fraction of sp³-hybridized carbons (Fsp3) is 0.594. The molecule has 3 aliphatic rings. The van der Waals surface area contributed by atoms with E-state index in [9.17, 15) is 4.79 Å². The average molecular weight is 504 g/mol. The fourth-order valence-electron chi connectivity index (χ4n) is 5.84. The molecule has 5 rings (SSSR count). The summed E-state index contributed by atoms with van der Waals surface area (Å²) in [5.41, 5.74) is 4.62. The van der Waals surface area contributed by atoms with Crippen molar-refractivity contribution in [2.45, 2.75) is 70.9 Å². The first-order chi connectivity index (χ1) is 18.2. The van der Waals surface area contributed by atoms with E-state index in [0.29, 0.717) is 12.6 Å². The van der Waals surface area contributed by atoms with Crippen LogP contribution in [0.2, 0.25) is 0 Å². The van der Waals surface area contributed by atoms with Gasteiger partial charge in [-0.3, -0.25) is 4.79 Å². The highest BCUT2D eigenvalue weighted by atomic mass is 16.5. The summed E-state index contributed by atoms with van der Waals surface area (Å²) in [5.74, 6) is 1.10. The minimum absolute atomic E-state index is 0.179. The van der Waals surface area contributed by atoms with E-state index in [0.717, 1.165) is 70.1 Å². The smallest absolute Gasteiger partial charge is 0.254 e. The van der Waals surface area contributed by atoms with Gasteiger partial charge in [-0.1, -0.05) is 44.0 Å². The number of rotatable bonds is 11. The number of carbonyl (C=O) groups is 1. The van der Waals surface area contributed by atoms with Crippen LogP contribution in [0.3, 0.4) is 0 Å². The molecule has 2 saturated heterocycles. The third-order valence-corrected chi connectivity index (χ3v) is 8.41. The molecular weight excluding hydrogens is 458 g/mol. The van der Waals surface area contributed by atoms with Gasteiger partial charge >= 0.3 is 0 Å². The summed E-state index contributed by atoms with van der Waals surface area (Å²) >= 11 is 0. The van der Waals surface area contributed by atoms with Gasteiger partial charge in [-0.05, 0) is 79.8 Å². The molecule has 2 aromatic carbocycles. The maximum atomic E-state index is 13.9. The first-order valence-corrected chi connectivity index (χ1v) is 14.7. The molecule has 5 heteroatoms.